The molecule has 28 heavy (non-hydrogen) atoms. The first-order chi connectivity index (χ1) is 13.5. The van der Waals surface area contributed by atoms with Crippen LogP contribution in [0.5, 0.6) is 11.5 Å². The number of aromatic nitrogens is 2. The highest BCUT2D eigenvalue weighted by Crippen LogP contribution is 2.34. The molecular formula is C21H28N4O3. The smallest absolute Gasteiger partial charge is 0.272 e. The van der Waals surface area contributed by atoms with Crippen molar-refractivity contribution in [2.45, 2.75) is 33.7 Å². The van der Waals surface area contributed by atoms with Crippen LogP contribution in [0.2, 0.25) is 0 Å². The molecule has 1 aromatic carbocycles. The van der Waals surface area contributed by atoms with E-state index in [1.807, 2.05) is 32.9 Å². The zero-order valence-electron chi connectivity index (χ0n) is 17.3. The number of benzene rings is 1. The number of rotatable bonds is 6. The molecule has 0 radical (unpaired) electrons. The second-order valence-electron chi connectivity index (χ2n) is 6.82. The number of ether oxygens (including phenoxy) is 2. The number of carbonyl (C=O) groups is 1. The monoisotopic (exact) mass is 384 g/mol. The molecule has 0 saturated heterocycles. The summed E-state index contributed by atoms with van der Waals surface area (Å²) in [5.41, 5.74) is 3.63. The second-order valence-corrected chi connectivity index (χ2v) is 6.82. The lowest BCUT2D eigenvalue weighted by Crippen LogP contribution is -2.34. The van der Waals surface area contributed by atoms with Gasteiger partial charge in [-0.15, -0.1) is 0 Å². The molecular weight excluding hydrogens is 356 g/mol. The molecule has 1 aromatic heterocycles. The van der Waals surface area contributed by atoms with Crippen molar-refractivity contribution < 1.29 is 14.3 Å². The molecule has 0 fully saturated rings. The van der Waals surface area contributed by atoms with E-state index in [4.69, 9.17) is 9.47 Å². The van der Waals surface area contributed by atoms with Gasteiger partial charge in [-0.25, -0.2) is 9.97 Å². The third-order valence-electron chi connectivity index (χ3n) is 5.11. The van der Waals surface area contributed by atoms with Crippen molar-refractivity contribution in [3.8, 4) is 11.5 Å². The summed E-state index contributed by atoms with van der Waals surface area (Å²) in [5, 5.41) is 0. The first-order valence-electron chi connectivity index (χ1n) is 9.64. The molecule has 2 heterocycles. The molecule has 7 nitrogen and oxygen atoms in total. The van der Waals surface area contributed by atoms with Crippen LogP contribution in [0, 0.1) is 6.92 Å². The number of anilines is 1. The fourth-order valence-corrected chi connectivity index (χ4v) is 3.53. The summed E-state index contributed by atoms with van der Waals surface area (Å²) in [6, 6.07) is 5.81. The molecule has 0 saturated carbocycles. The van der Waals surface area contributed by atoms with Crippen LogP contribution in [0.1, 0.15) is 41.2 Å². The Balaban J connectivity index is 1.90. The van der Waals surface area contributed by atoms with Crippen molar-refractivity contribution >= 4 is 11.9 Å². The van der Waals surface area contributed by atoms with Crippen LogP contribution in [0.3, 0.4) is 0 Å². The Kier molecular flexibility index (Phi) is 6.02. The fraction of sp³-hybridized carbons (Fsp3) is 0.476. The summed E-state index contributed by atoms with van der Waals surface area (Å²) in [6.45, 7) is 8.61. The molecule has 7 heteroatoms. The second kappa shape index (κ2) is 8.46. The number of hydrogen-bond donors (Lipinski definition) is 0. The molecule has 1 aliphatic rings. The molecule has 1 amide bonds. The van der Waals surface area contributed by atoms with Crippen molar-refractivity contribution in [1.82, 2.24) is 14.9 Å². The number of aryl methyl sites for hydroxylation is 1. The highest BCUT2D eigenvalue weighted by atomic mass is 16.5. The minimum Gasteiger partial charge on any atom is -0.493 e. The number of hydrogen-bond acceptors (Lipinski definition) is 6. The largest absolute Gasteiger partial charge is 0.493 e. The molecule has 1 aliphatic heterocycles. The molecule has 0 aliphatic carbocycles. The van der Waals surface area contributed by atoms with Crippen molar-refractivity contribution in [3.63, 3.8) is 0 Å². The number of fused-ring (bicyclic) bond motifs is 1. The van der Waals surface area contributed by atoms with E-state index in [0.29, 0.717) is 37.0 Å². The van der Waals surface area contributed by atoms with E-state index in [9.17, 15) is 4.79 Å². The third kappa shape index (κ3) is 3.88. The van der Waals surface area contributed by atoms with Gasteiger partial charge in [0.05, 0.1) is 14.2 Å². The highest BCUT2D eigenvalue weighted by molar-refractivity contribution is 5.92. The van der Waals surface area contributed by atoms with Gasteiger partial charge < -0.3 is 19.3 Å². The van der Waals surface area contributed by atoms with Crippen LogP contribution in [-0.2, 0) is 13.0 Å². The normalized spacial score (nSPS) is 13.1. The molecule has 2 aromatic rings. The predicted octanol–water partition coefficient (Wildman–Crippen LogP) is 2.85. The Morgan fingerprint density at radius 1 is 1.07 bits per heavy atom. The van der Waals surface area contributed by atoms with Crippen molar-refractivity contribution in [3.05, 3.63) is 40.7 Å². The third-order valence-corrected chi connectivity index (χ3v) is 5.11. The SMILES string of the molecule is CCN(CC)C(=O)c1cc(C)nc(N2CCc3cc(OC)c(OC)cc3C2)n1. The molecule has 0 atom stereocenters. The Labute approximate surface area is 166 Å². The highest BCUT2D eigenvalue weighted by Gasteiger charge is 2.23. The van der Waals surface area contributed by atoms with E-state index in [1.54, 1.807) is 25.2 Å². The van der Waals surface area contributed by atoms with Crippen LogP contribution in [-0.4, -0.2) is 54.6 Å². The molecule has 0 unspecified atom stereocenters. The van der Waals surface area contributed by atoms with Gasteiger partial charge in [0.25, 0.3) is 5.91 Å². The first kappa shape index (κ1) is 19.9. The van der Waals surface area contributed by atoms with Crippen molar-refractivity contribution in [2.75, 3.05) is 38.8 Å². The van der Waals surface area contributed by atoms with Gasteiger partial charge in [-0.1, -0.05) is 0 Å². The van der Waals surface area contributed by atoms with E-state index >= 15 is 0 Å². The Morgan fingerprint density at radius 3 is 2.32 bits per heavy atom. The Hall–Kier alpha value is -2.83. The number of nitrogens with zero attached hydrogens (tertiary/aromatic N) is 4. The van der Waals surface area contributed by atoms with E-state index < -0.39 is 0 Å². The summed E-state index contributed by atoms with van der Waals surface area (Å²) >= 11 is 0. The van der Waals surface area contributed by atoms with Crippen molar-refractivity contribution in [1.29, 1.82) is 0 Å². The van der Waals surface area contributed by atoms with Gasteiger partial charge in [0.15, 0.2) is 11.5 Å². The summed E-state index contributed by atoms with van der Waals surface area (Å²) in [4.78, 5) is 25.8. The topological polar surface area (TPSA) is 67.8 Å². The number of carbonyl (C=O) groups excluding carboxylic acids is 1. The maximum absolute atomic E-state index is 12.7. The lowest BCUT2D eigenvalue weighted by Gasteiger charge is -2.30. The maximum atomic E-state index is 12.7. The molecule has 0 N–H and O–H groups in total. The minimum absolute atomic E-state index is 0.0550. The van der Waals surface area contributed by atoms with Gasteiger partial charge in [-0.05, 0) is 56.5 Å². The van der Waals surface area contributed by atoms with Crippen LogP contribution < -0.4 is 14.4 Å². The van der Waals surface area contributed by atoms with Gasteiger partial charge in [-0.3, -0.25) is 4.79 Å². The Bertz CT molecular complexity index is 865. The van der Waals surface area contributed by atoms with E-state index in [1.165, 1.54) is 5.56 Å². The van der Waals surface area contributed by atoms with Gasteiger partial charge in [-0.2, -0.15) is 0 Å². The van der Waals surface area contributed by atoms with Crippen molar-refractivity contribution in [2.24, 2.45) is 0 Å². The summed E-state index contributed by atoms with van der Waals surface area (Å²) in [6.07, 6.45) is 0.853. The van der Waals surface area contributed by atoms with Gasteiger partial charge in [0, 0.05) is 31.9 Å². The molecule has 0 spiro atoms. The van der Waals surface area contributed by atoms with Gasteiger partial charge >= 0.3 is 0 Å². The standard InChI is InChI=1S/C21H28N4O3/c1-6-24(7-2)20(26)17-10-14(3)22-21(23-17)25-9-8-15-11-18(27-4)19(28-5)12-16(15)13-25/h10-12H,6-9,13H2,1-5H3. The maximum Gasteiger partial charge on any atom is 0.272 e. The van der Waals surface area contributed by atoms with E-state index in [0.717, 1.165) is 30.0 Å². The van der Waals surface area contributed by atoms with Gasteiger partial charge in [0.2, 0.25) is 5.95 Å². The number of amides is 1. The van der Waals surface area contributed by atoms with Crippen LogP contribution in [0.15, 0.2) is 18.2 Å². The average molecular weight is 384 g/mol. The lowest BCUT2D eigenvalue weighted by molar-refractivity contribution is 0.0767. The summed E-state index contributed by atoms with van der Waals surface area (Å²) in [7, 11) is 3.29. The van der Waals surface area contributed by atoms with E-state index in [2.05, 4.69) is 14.9 Å². The zero-order chi connectivity index (χ0) is 20.3. The van der Waals surface area contributed by atoms with Crippen LogP contribution in [0.4, 0.5) is 5.95 Å². The predicted molar refractivity (Wildman–Crippen MR) is 108 cm³/mol. The summed E-state index contributed by atoms with van der Waals surface area (Å²) in [5.74, 6) is 2.00. The first-order valence-corrected chi connectivity index (χ1v) is 9.64. The average Bonchev–Trinajstić information content (AvgIpc) is 2.72. The van der Waals surface area contributed by atoms with Gasteiger partial charge in [0.1, 0.15) is 5.69 Å². The zero-order valence-corrected chi connectivity index (χ0v) is 17.3. The molecule has 3 rings (SSSR count). The molecule has 150 valence electrons. The van der Waals surface area contributed by atoms with Crippen LogP contribution in [0.25, 0.3) is 0 Å². The van der Waals surface area contributed by atoms with Crippen LogP contribution >= 0.6 is 0 Å². The quantitative estimate of drug-likeness (QED) is 0.763. The molecule has 0 bridgehead atoms. The van der Waals surface area contributed by atoms with E-state index in [-0.39, 0.29) is 5.91 Å². The summed E-state index contributed by atoms with van der Waals surface area (Å²) < 4.78 is 10.8. The number of methoxy groups -OCH3 is 2. The minimum atomic E-state index is -0.0550. The Morgan fingerprint density at radius 2 is 1.71 bits per heavy atom. The lowest BCUT2D eigenvalue weighted by atomic mass is 9.99. The fourth-order valence-electron chi connectivity index (χ4n) is 3.53.